The van der Waals surface area contributed by atoms with Gasteiger partial charge in [0.15, 0.2) is 0 Å². The summed E-state index contributed by atoms with van der Waals surface area (Å²) >= 11 is 0. The van der Waals surface area contributed by atoms with E-state index in [1.165, 1.54) is 12.1 Å². The van der Waals surface area contributed by atoms with Crippen LogP contribution in [0, 0.1) is 11.2 Å². The van der Waals surface area contributed by atoms with Crippen LogP contribution in [0.15, 0.2) is 47.4 Å². The summed E-state index contributed by atoms with van der Waals surface area (Å²) in [5.41, 5.74) is 1.07. The van der Waals surface area contributed by atoms with Gasteiger partial charge in [-0.05, 0) is 54.3 Å². The molecule has 3 rings (SSSR count). The lowest BCUT2D eigenvalue weighted by molar-refractivity contribution is 0.0130. The highest BCUT2D eigenvalue weighted by Gasteiger charge is 2.47. The molecule has 30 heavy (non-hydrogen) atoms. The molecule has 1 unspecified atom stereocenters. The first kappa shape index (κ1) is 23.0. The molecule has 2 aromatic carbocycles. The van der Waals surface area contributed by atoms with Crippen LogP contribution in [0.1, 0.15) is 69.4 Å². The maximum Gasteiger partial charge on any atom is 0.123 e. The van der Waals surface area contributed by atoms with Gasteiger partial charge in [0.2, 0.25) is 0 Å². The Labute approximate surface area is 182 Å². The summed E-state index contributed by atoms with van der Waals surface area (Å²) in [4.78, 5) is 0.645. The van der Waals surface area contributed by atoms with Gasteiger partial charge in [0, 0.05) is 22.0 Å². The zero-order chi connectivity index (χ0) is 21.7. The first-order valence-corrected chi connectivity index (χ1v) is 12.3. The van der Waals surface area contributed by atoms with Crippen LogP contribution in [0.25, 0.3) is 0 Å². The normalized spacial score (nSPS) is 22.9. The third-order valence-corrected chi connectivity index (χ3v) is 8.14. The van der Waals surface area contributed by atoms with Gasteiger partial charge < -0.3 is 9.84 Å². The molecule has 2 aromatic rings. The predicted octanol–water partition coefficient (Wildman–Crippen LogP) is 5.82. The van der Waals surface area contributed by atoms with Crippen molar-refractivity contribution in [3.63, 3.8) is 0 Å². The van der Waals surface area contributed by atoms with Gasteiger partial charge in [-0.1, -0.05) is 51.7 Å². The van der Waals surface area contributed by atoms with Gasteiger partial charge in [-0.3, -0.25) is 4.21 Å². The summed E-state index contributed by atoms with van der Waals surface area (Å²) in [6.07, 6.45) is 4.87. The minimum atomic E-state index is -1.29. The second kappa shape index (κ2) is 10.1. The van der Waals surface area contributed by atoms with Gasteiger partial charge in [-0.25, -0.2) is 4.39 Å². The zero-order valence-corrected chi connectivity index (χ0v) is 19.0. The molecule has 0 radical (unpaired) electrons. The van der Waals surface area contributed by atoms with Crippen molar-refractivity contribution in [2.45, 2.75) is 69.3 Å². The second-order valence-electron chi connectivity index (χ2n) is 8.44. The Kier molecular flexibility index (Phi) is 7.70. The molecule has 0 aromatic heterocycles. The van der Waals surface area contributed by atoms with E-state index in [0.717, 1.165) is 49.8 Å². The van der Waals surface area contributed by atoms with Crippen molar-refractivity contribution in [3.05, 3.63) is 59.4 Å². The Balaban J connectivity index is 2.18. The molecule has 0 spiro atoms. The van der Waals surface area contributed by atoms with Crippen LogP contribution in [-0.4, -0.2) is 28.3 Å². The fraction of sp³-hybridized carbons (Fsp3) is 0.520. The van der Waals surface area contributed by atoms with Crippen LogP contribution in [0.3, 0.4) is 0 Å². The lowest BCUT2D eigenvalue weighted by Gasteiger charge is -2.40. The maximum absolute atomic E-state index is 14.3. The number of unbranched alkanes of at least 4 members (excludes halogenated alkanes) is 2. The molecule has 1 heterocycles. The molecule has 5 heteroatoms. The molecule has 0 bridgehead atoms. The minimum absolute atomic E-state index is 0.369. The second-order valence-corrected chi connectivity index (χ2v) is 9.86. The van der Waals surface area contributed by atoms with Crippen molar-refractivity contribution in [2.24, 2.45) is 5.41 Å². The molecular formula is C25H33FO3S. The molecule has 0 saturated carbocycles. The van der Waals surface area contributed by atoms with Gasteiger partial charge in [-0.2, -0.15) is 0 Å². The van der Waals surface area contributed by atoms with Gasteiger partial charge in [0.1, 0.15) is 11.6 Å². The topological polar surface area (TPSA) is 46.5 Å². The quantitative estimate of drug-likeness (QED) is 0.572. The molecular weight excluding hydrogens is 399 g/mol. The van der Waals surface area contributed by atoms with E-state index in [1.807, 2.05) is 24.3 Å². The molecule has 1 aliphatic rings. The van der Waals surface area contributed by atoms with Crippen LogP contribution >= 0.6 is 0 Å². The summed E-state index contributed by atoms with van der Waals surface area (Å²) in [7, 11) is 0.325. The number of benzene rings is 2. The molecule has 1 aliphatic heterocycles. The molecule has 3 atom stereocenters. The molecule has 164 valence electrons. The molecule has 0 fully saturated rings. The van der Waals surface area contributed by atoms with Crippen molar-refractivity contribution in [1.82, 2.24) is 0 Å². The third kappa shape index (κ3) is 4.62. The summed E-state index contributed by atoms with van der Waals surface area (Å²) in [6.45, 7) is 4.28. The Morgan fingerprint density at radius 3 is 2.30 bits per heavy atom. The van der Waals surface area contributed by atoms with Crippen LogP contribution in [-0.2, 0) is 10.8 Å². The number of fused-ring (bicyclic) bond motifs is 1. The Hall–Kier alpha value is -1.72. The Bertz CT molecular complexity index is 857. The van der Waals surface area contributed by atoms with Crippen LogP contribution < -0.4 is 4.74 Å². The number of methoxy groups -OCH3 is 1. The summed E-state index contributed by atoms with van der Waals surface area (Å²) < 4.78 is 33.0. The van der Waals surface area contributed by atoms with E-state index in [4.69, 9.17) is 4.74 Å². The van der Waals surface area contributed by atoms with Gasteiger partial charge >= 0.3 is 0 Å². The number of rotatable bonds is 8. The number of hydrogen-bond donors (Lipinski definition) is 1. The van der Waals surface area contributed by atoms with E-state index < -0.39 is 28.2 Å². The van der Waals surface area contributed by atoms with Crippen molar-refractivity contribution in [3.8, 4) is 5.75 Å². The van der Waals surface area contributed by atoms with E-state index in [9.17, 15) is 13.7 Å². The number of ether oxygens (including phenoxy) is 1. The number of hydrogen-bond acceptors (Lipinski definition) is 3. The average Bonchev–Trinajstić information content (AvgIpc) is 2.84. The number of halogens is 1. The smallest absolute Gasteiger partial charge is 0.123 e. The average molecular weight is 433 g/mol. The van der Waals surface area contributed by atoms with Crippen molar-refractivity contribution in [2.75, 3.05) is 12.9 Å². The van der Waals surface area contributed by atoms with Crippen LogP contribution in [0.4, 0.5) is 4.39 Å². The van der Waals surface area contributed by atoms with Crippen LogP contribution in [0.5, 0.6) is 5.75 Å². The van der Waals surface area contributed by atoms with E-state index in [2.05, 4.69) is 13.8 Å². The molecule has 0 aliphatic carbocycles. The van der Waals surface area contributed by atoms with Crippen LogP contribution in [0.2, 0.25) is 0 Å². The lowest BCUT2D eigenvalue weighted by atomic mass is 9.68. The highest BCUT2D eigenvalue weighted by molar-refractivity contribution is 7.85. The Morgan fingerprint density at radius 2 is 1.73 bits per heavy atom. The SMILES string of the molecule is CCCCC1(CCCC)CS(=O)c2ccc(F)cc2[C@@H](c2ccc(OC)cc2)[C@@H]1O. The fourth-order valence-electron chi connectivity index (χ4n) is 4.71. The zero-order valence-electron chi connectivity index (χ0n) is 18.2. The number of aliphatic hydroxyl groups excluding tert-OH is 1. The van der Waals surface area contributed by atoms with Crippen molar-refractivity contribution in [1.29, 1.82) is 0 Å². The third-order valence-electron chi connectivity index (χ3n) is 6.45. The highest BCUT2D eigenvalue weighted by atomic mass is 32.2. The molecule has 0 saturated heterocycles. The molecule has 3 nitrogen and oxygen atoms in total. The highest BCUT2D eigenvalue weighted by Crippen LogP contribution is 2.48. The van der Waals surface area contributed by atoms with E-state index >= 15 is 0 Å². The first-order chi connectivity index (χ1) is 14.5. The van der Waals surface area contributed by atoms with E-state index in [1.54, 1.807) is 13.2 Å². The number of aliphatic hydroxyl groups is 1. The monoisotopic (exact) mass is 432 g/mol. The van der Waals surface area contributed by atoms with Gasteiger partial charge in [0.05, 0.1) is 24.0 Å². The summed E-state index contributed by atoms with van der Waals surface area (Å²) in [6, 6.07) is 12.1. The Morgan fingerprint density at radius 1 is 1.10 bits per heavy atom. The predicted molar refractivity (Wildman–Crippen MR) is 120 cm³/mol. The van der Waals surface area contributed by atoms with Gasteiger partial charge in [-0.15, -0.1) is 0 Å². The van der Waals surface area contributed by atoms with Gasteiger partial charge in [0.25, 0.3) is 0 Å². The van der Waals surface area contributed by atoms with Crippen molar-refractivity contribution >= 4 is 10.8 Å². The van der Waals surface area contributed by atoms with Crippen molar-refractivity contribution < 1.29 is 18.4 Å². The largest absolute Gasteiger partial charge is 0.497 e. The van der Waals surface area contributed by atoms with E-state index in [0.29, 0.717) is 16.2 Å². The summed E-state index contributed by atoms with van der Waals surface area (Å²) in [5, 5.41) is 11.9. The lowest BCUT2D eigenvalue weighted by Crippen LogP contribution is -2.42. The maximum atomic E-state index is 14.3. The van der Waals surface area contributed by atoms with E-state index in [-0.39, 0.29) is 5.82 Å². The fourth-order valence-corrected chi connectivity index (χ4v) is 6.52. The first-order valence-electron chi connectivity index (χ1n) is 11.0. The summed E-state index contributed by atoms with van der Waals surface area (Å²) in [5.74, 6) is 0.348. The standard InChI is InChI=1S/C25H33FO3S/c1-4-6-14-25(15-7-5-2)17-30(28)22-13-10-19(26)16-21(22)23(24(25)27)18-8-11-20(29-3)12-9-18/h8-13,16,23-24,27H,4-7,14-15,17H2,1-3H3/t23-,24+,30?/m1/s1. The minimum Gasteiger partial charge on any atom is -0.497 e. The molecule has 1 N–H and O–H groups in total. The molecule has 0 amide bonds.